The predicted molar refractivity (Wildman–Crippen MR) is 128 cm³/mol. The van der Waals surface area contributed by atoms with Crippen LogP contribution in [0.4, 0.5) is 0 Å². The topological polar surface area (TPSA) is 110 Å². The van der Waals surface area contributed by atoms with Crippen LogP contribution in [0.2, 0.25) is 10.0 Å². The van der Waals surface area contributed by atoms with Crippen LogP contribution in [0.25, 0.3) is 11.0 Å². The van der Waals surface area contributed by atoms with Gasteiger partial charge in [-0.2, -0.15) is 0 Å². The molecular weight excluding hydrogens is 503 g/mol. The number of carbonyl (C=O) groups is 1. The molecule has 1 N–H and O–H groups in total. The van der Waals surface area contributed by atoms with Gasteiger partial charge in [0, 0.05) is 41.2 Å². The first-order valence-corrected chi connectivity index (χ1v) is 13.3. The number of carbonyl (C=O) groups excluding carboxylic acids is 1. The normalized spacial score (nSPS) is 18.7. The van der Waals surface area contributed by atoms with Gasteiger partial charge in [0.1, 0.15) is 5.58 Å². The molecule has 1 fully saturated rings. The summed E-state index contributed by atoms with van der Waals surface area (Å²) >= 11 is 13.3. The predicted octanol–water partition coefficient (Wildman–Crippen LogP) is 3.67. The molecule has 180 valence electrons. The first kappa shape index (κ1) is 23.4. The molecule has 2 aliphatic heterocycles. The van der Waals surface area contributed by atoms with Gasteiger partial charge in [-0.05, 0) is 31.0 Å². The standard InChI is InChI=1S/C23H22Cl2N2O6S/c1-11-13-4-6-33-21(13)16(22(28)26-11)8-27-5-3-14-17(24)7-15(19(25)18(14)23(27)29)20(32-2)12-9-34(30,31)10-12/h4,6-7,12,20H,3,5,8-10H2,1-2H3,(H,26,28). The summed E-state index contributed by atoms with van der Waals surface area (Å²) in [5, 5.41) is 1.36. The number of sulfone groups is 1. The number of aromatic amines is 1. The van der Waals surface area contributed by atoms with E-state index in [0.717, 1.165) is 5.39 Å². The van der Waals surface area contributed by atoms with Crippen molar-refractivity contribution in [2.45, 2.75) is 26.0 Å². The van der Waals surface area contributed by atoms with Gasteiger partial charge in [0.05, 0.1) is 46.6 Å². The first-order valence-electron chi connectivity index (χ1n) is 10.7. The molecule has 0 aliphatic carbocycles. The van der Waals surface area contributed by atoms with Gasteiger partial charge in [-0.25, -0.2) is 8.42 Å². The fraction of sp³-hybridized carbons (Fsp3) is 0.391. The molecule has 34 heavy (non-hydrogen) atoms. The highest BCUT2D eigenvalue weighted by Crippen LogP contribution is 2.43. The molecule has 0 bridgehead atoms. The molecule has 1 unspecified atom stereocenters. The Labute approximate surface area is 205 Å². The molecule has 1 atom stereocenters. The third-order valence-electron chi connectivity index (χ3n) is 6.67. The maximum atomic E-state index is 13.6. The lowest BCUT2D eigenvalue weighted by atomic mass is 9.90. The van der Waals surface area contributed by atoms with Crippen molar-refractivity contribution >= 4 is 49.9 Å². The second-order valence-electron chi connectivity index (χ2n) is 8.81. The minimum Gasteiger partial charge on any atom is -0.464 e. The summed E-state index contributed by atoms with van der Waals surface area (Å²) in [6.45, 7) is 2.18. The van der Waals surface area contributed by atoms with Crippen molar-refractivity contribution < 1.29 is 22.4 Å². The third kappa shape index (κ3) is 3.75. The molecule has 8 nitrogen and oxygen atoms in total. The number of rotatable bonds is 5. The number of aromatic nitrogens is 1. The monoisotopic (exact) mass is 524 g/mol. The molecule has 1 aromatic carbocycles. The van der Waals surface area contributed by atoms with E-state index in [0.29, 0.717) is 46.0 Å². The number of ether oxygens (including phenoxy) is 1. The smallest absolute Gasteiger partial charge is 0.256 e. The molecule has 2 aliphatic rings. The number of hydrogen-bond donors (Lipinski definition) is 1. The van der Waals surface area contributed by atoms with Crippen LogP contribution < -0.4 is 5.56 Å². The third-order valence-corrected chi connectivity index (χ3v) is 9.29. The summed E-state index contributed by atoms with van der Waals surface area (Å²) in [7, 11) is -1.60. The van der Waals surface area contributed by atoms with E-state index >= 15 is 0 Å². The van der Waals surface area contributed by atoms with Crippen LogP contribution in [-0.4, -0.2) is 49.4 Å². The summed E-state index contributed by atoms with van der Waals surface area (Å²) in [6, 6.07) is 3.44. The zero-order chi connectivity index (χ0) is 24.4. The molecule has 0 saturated carbocycles. The molecule has 0 spiro atoms. The second kappa shape index (κ2) is 8.41. The number of benzene rings is 1. The SMILES string of the molecule is COC(c1cc(Cl)c2c(c1Cl)C(=O)N(Cc1c(=O)[nH]c(C)c3ccoc13)CC2)C1CS(=O)(=O)C1. The Morgan fingerprint density at radius 2 is 2.03 bits per heavy atom. The molecule has 3 aromatic rings. The highest BCUT2D eigenvalue weighted by Gasteiger charge is 2.42. The number of amides is 1. The van der Waals surface area contributed by atoms with E-state index in [9.17, 15) is 18.0 Å². The van der Waals surface area contributed by atoms with E-state index < -0.39 is 15.9 Å². The van der Waals surface area contributed by atoms with Gasteiger partial charge in [-0.15, -0.1) is 0 Å². The molecule has 1 saturated heterocycles. The second-order valence-corrected chi connectivity index (χ2v) is 11.7. The van der Waals surface area contributed by atoms with Crippen LogP contribution in [0.1, 0.15) is 38.8 Å². The lowest BCUT2D eigenvalue weighted by Gasteiger charge is -2.35. The Kier molecular flexibility index (Phi) is 5.79. The Hall–Kier alpha value is -2.33. The van der Waals surface area contributed by atoms with Crippen LogP contribution >= 0.6 is 23.2 Å². The molecule has 0 radical (unpaired) electrons. The lowest BCUT2D eigenvalue weighted by molar-refractivity contribution is 0.0612. The van der Waals surface area contributed by atoms with Gasteiger partial charge in [-0.1, -0.05) is 23.2 Å². The number of pyridine rings is 1. The highest BCUT2D eigenvalue weighted by molar-refractivity contribution is 7.92. The number of H-pyrrole nitrogens is 1. The van der Waals surface area contributed by atoms with Crippen LogP contribution in [0.3, 0.4) is 0 Å². The number of hydrogen-bond acceptors (Lipinski definition) is 6. The number of methoxy groups -OCH3 is 1. The average molecular weight is 525 g/mol. The summed E-state index contributed by atoms with van der Waals surface area (Å²) in [4.78, 5) is 30.6. The first-order chi connectivity index (χ1) is 16.1. The zero-order valence-electron chi connectivity index (χ0n) is 18.5. The number of halogens is 2. The average Bonchev–Trinajstić information content (AvgIpc) is 3.25. The Morgan fingerprint density at radius 3 is 2.71 bits per heavy atom. The van der Waals surface area contributed by atoms with Gasteiger partial charge >= 0.3 is 0 Å². The summed E-state index contributed by atoms with van der Waals surface area (Å²) in [6.07, 6.45) is 1.36. The van der Waals surface area contributed by atoms with Crippen molar-refractivity contribution in [1.29, 1.82) is 0 Å². The molecule has 1 amide bonds. The number of fused-ring (bicyclic) bond motifs is 2. The molecule has 5 rings (SSSR count). The van der Waals surface area contributed by atoms with Crippen molar-refractivity contribution in [1.82, 2.24) is 9.88 Å². The molecule has 4 heterocycles. The van der Waals surface area contributed by atoms with Gasteiger partial charge < -0.3 is 19.0 Å². The van der Waals surface area contributed by atoms with E-state index in [-0.39, 0.29) is 46.0 Å². The van der Waals surface area contributed by atoms with E-state index in [1.165, 1.54) is 13.4 Å². The summed E-state index contributed by atoms with van der Waals surface area (Å²) in [5.41, 5.74) is 2.56. The number of furan rings is 1. The van der Waals surface area contributed by atoms with Crippen molar-refractivity contribution in [2.75, 3.05) is 25.2 Å². The molecule has 11 heteroatoms. The minimum atomic E-state index is -3.08. The fourth-order valence-electron chi connectivity index (χ4n) is 4.96. The van der Waals surface area contributed by atoms with Gasteiger partial charge in [0.2, 0.25) is 0 Å². The van der Waals surface area contributed by atoms with Gasteiger partial charge in [-0.3, -0.25) is 9.59 Å². The van der Waals surface area contributed by atoms with Gasteiger partial charge in [0.15, 0.2) is 9.84 Å². The van der Waals surface area contributed by atoms with Crippen LogP contribution in [0.15, 0.2) is 27.6 Å². The van der Waals surface area contributed by atoms with E-state index in [1.807, 2.05) is 0 Å². The molecular formula is C23H22Cl2N2O6S. The van der Waals surface area contributed by atoms with E-state index in [2.05, 4.69) is 4.98 Å². The Bertz CT molecular complexity index is 1480. The highest BCUT2D eigenvalue weighted by atomic mass is 35.5. The van der Waals surface area contributed by atoms with Crippen LogP contribution in [-0.2, 0) is 27.5 Å². The summed E-state index contributed by atoms with van der Waals surface area (Å²) < 4.78 is 34.6. The molecule has 2 aromatic heterocycles. The fourth-order valence-corrected chi connectivity index (χ4v) is 7.18. The zero-order valence-corrected chi connectivity index (χ0v) is 20.8. The quantitative estimate of drug-likeness (QED) is 0.545. The Balaban J connectivity index is 1.52. The largest absolute Gasteiger partial charge is 0.464 e. The van der Waals surface area contributed by atoms with Gasteiger partial charge in [0.25, 0.3) is 11.5 Å². The maximum absolute atomic E-state index is 13.6. The number of nitrogens with zero attached hydrogens (tertiary/aromatic N) is 1. The van der Waals surface area contributed by atoms with Crippen molar-refractivity contribution in [2.24, 2.45) is 5.92 Å². The number of aryl methyl sites for hydroxylation is 1. The van der Waals surface area contributed by atoms with E-state index in [4.69, 9.17) is 32.4 Å². The summed E-state index contributed by atoms with van der Waals surface area (Å²) in [5.74, 6) is -0.640. The minimum absolute atomic E-state index is 0.00798. The van der Waals surface area contributed by atoms with Crippen LogP contribution in [0, 0.1) is 12.8 Å². The maximum Gasteiger partial charge on any atom is 0.256 e. The Morgan fingerprint density at radius 1 is 1.29 bits per heavy atom. The van der Waals surface area contributed by atoms with Crippen molar-refractivity contribution in [3.05, 3.63) is 66.7 Å². The van der Waals surface area contributed by atoms with Crippen molar-refractivity contribution in [3.63, 3.8) is 0 Å². The number of nitrogens with one attached hydrogen (secondary N) is 1. The van der Waals surface area contributed by atoms with Crippen molar-refractivity contribution in [3.8, 4) is 0 Å². The van der Waals surface area contributed by atoms with E-state index in [1.54, 1.807) is 24.0 Å². The van der Waals surface area contributed by atoms with Crippen LogP contribution in [0.5, 0.6) is 0 Å². The lowest BCUT2D eigenvalue weighted by Crippen LogP contribution is -2.41.